The van der Waals surface area contributed by atoms with E-state index in [2.05, 4.69) is 66.5 Å². The summed E-state index contributed by atoms with van der Waals surface area (Å²) < 4.78 is 0. The van der Waals surface area contributed by atoms with E-state index < -0.39 is 5.54 Å². The lowest BCUT2D eigenvalue weighted by atomic mass is 9.84. The van der Waals surface area contributed by atoms with Crippen molar-refractivity contribution < 1.29 is 5.11 Å². The summed E-state index contributed by atoms with van der Waals surface area (Å²) in [7, 11) is 0. The molecule has 5 nitrogen and oxygen atoms in total. The smallest absolute Gasteiger partial charge is 0.155 e. The third-order valence-electron chi connectivity index (χ3n) is 7.85. The van der Waals surface area contributed by atoms with Crippen LogP contribution >= 0.6 is 0 Å². The van der Waals surface area contributed by atoms with Crippen LogP contribution in [0, 0.1) is 6.92 Å². The van der Waals surface area contributed by atoms with Crippen molar-refractivity contribution in [3.05, 3.63) is 162 Å². The molecule has 0 fully saturated rings. The number of pyridine rings is 2. The van der Waals surface area contributed by atoms with Crippen molar-refractivity contribution in [2.45, 2.75) is 12.5 Å². The number of anilines is 2. The quantitative estimate of drug-likeness (QED) is 0.169. The molecule has 1 aliphatic rings. The van der Waals surface area contributed by atoms with Gasteiger partial charge in [-0.2, -0.15) is 0 Å². The monoisotopic (exact) mass is 544 g/mol. The predicted octanol–water partition coefficient (Wildman–Crippen LogP) is 8.30. The van der Waals surface area contributed by atoms with Crippen LogP contribution in [0.3, 0.4) is 0 Å². The van der Waals surface area contributed by atoms with Crippen LogP contribution in [0.2, 0.25) is 0 Å². The number of para-hydroxylation sites is 3. The van der Waals surface area contributed by atoms with E-state index in [4.69, 9.17) is 9.98 Å². The summed E-state index contributed by atoms with van der Waals surface area (Å²) in [5.74, 6) is 0.170. The van der Waals surface area contributed by atoms with Crippen LogP contribution in [-0.2, 0) is 5.54 Å². The Kier molecular flexibility index (Phi) is 6.32. The highest BCUT2D eigenvalue weighted by Gasteiger charge is 2.45. The first-order chi connectivity index (χ1) is 20.7. The molecule has 1 N–H and O–H groups in total. The molecule has 202 valence electrons. The number of aryl methyl sites for hydroxylation is 1. The Balaban J connectivity index is 1.51. The van der Waals surface area contributed by atoms with Crippen LogP contribution in [0.1, 0.15) is 22.4 Å². The topological polar surface area (TPSA) is 61.6 Å². The first-order valence-electron chi connectivity index (χ1n) is 13.9. The van der Waals surface area contributed by atoms with Gasteiger partial charge in [0.2, 0.25) is 0 Å². The normalized spacial score (nSPS) is 13.1. The van der Waals surface area contributed by atoms with Gasteiger partial charge in [0.1, 0.15) is 5.75 Å². The Bertz CT molecular complexity index is 1840. The lowest BCUT2D eigenvalue weighted by Gasteiger charge is -2.30. The molecular formula is C37H28N4O. The van der Waals surface area contributed by atoms with E-state index in [0.29, 0.717) is 5.69 Å². The van der Waals surface area contributed by atoms with Gasteiger partial charge in [-0.15, -0.1) is 0 Å². The predicted molar refractivity (Wildman–Crippen MR) is 169 cm³/mol. The third-order valence-corrected chi connectivity index (χ3v) is 7.85. The van der Waals surface area contributed by atoms with Crippen molar-refractivity contribution in [1.29, 1.82) is 0 Å². The van der Waals surface area contributed by atoms with E-state index in [1.807, 2.05) is 84.0 Å². The molecule has 4 aromatic carbocycles. The molecule has 1 aliphatic carbocycles. The highest BCUT2D eigenvalue weighted by atomic mass is 16.3. The minimum atomic E-state index is -0.941. The molecule has 42 heavy (non-hydrogen) atoms. The summed E-state index contributed by atoms with van der Waals surface area (Å²) in [6.07, 6.45) is 3.62. The van der Waals surface area contributed by atoms with Gasteiger partial charge in [0, 0.05) is 6.20 Å². The highest BCUT2D eigenvalue weighted by Crippen LogP contribution is 2.53. The average molecular weight is 545 g/mol. The van der Waals surface area contributed by atoms with E-state index in [9.17, 15) is 5.11 Å². The summed E-state index contributed by atoms with van der Waals surface area (Å²) in [6.45, 7) is 2.06. The largest absolute Gasteiger partial charge is 0.506 e. The minimum absolute atomic E-state index is 0.170. The summed E-state index contributed by atoms with van der Waals surface area (Å²) in [5, 5.41) is 11.0. The molecule has 0 saturated heterocycles. The maximum atomic E-state index is 11.0. The fourth-order valence-corrected chi connectivity index (χ4v) is 5.89. The summed E-state index contributed by atoms with van der Waals surface area (Å²) in [6, 6.07) is 44.2. The molecule has 6 aromatic rings. The van der Waals surface area contributed by atoms with Gasteiger partial charge < -0.3 is 5.11 Å². The van der Waals surface area contributed by atoms with Crippen molar-refractivity contribution in [2.75, 3.05) is 4.90 Å². The van der Waals surface area contributed by atoms with Gasteiger partial charge >= 0.3 is 0 Å². The third kappa shape index (κ3) is 4.14. The molecule has 0 atom stereocenters. The van der Waals surface area contributed by atoms with Crippen LogP contribution < -0.4 is 4.90 Å². The van der Waals surface area contributed by atoms with E-state index in [-0.39, 0.29) is 5.75 Å². The molecule has 0 saturated carbocycles. The van der Waals surface area contributed by atoms with Gasteiger partial charge in [-0.25, -0.2) is 4.98 Å². The van der Waals surface area contributed by atoms with Crippen LogP contribution in [0.5, 0.6) is 5.75 Å². The zero-order valence-corrected chi connectivity index (χ0v) is 23.1. The van der Waals surface area contributed by atoms with Gasteiger partial charge in [-0.3, -0.25) is 14.9 Å². The van der Waals surface area contributed by atoms with Crippen molar-refractivity contribution in [3.63, 3.8) is 0 Å². The Labute approximate surface area is 245 Å². The molecule has 0 aliphatic heterocycles. The summed E-state index contributed by atoms with van der Waals surface area (Å²) in [4.78, 5) is 17.2. The zero-order chi connectivity index (χ0) is 28.5. The molecule has 2 aromatic heterocycles. The number of fused-ring (bicyclic) bond motifs is 3. The first kappa shape index (κ1) is 25.4. The van der Waals surface area contributed by atoms with Crippen LogP contribution in [0.15, 0.2) is 145 Å². The van der Waals surface area contributed by atoms with Crippen LogP contribution in [0.25, 0.3) is 22.5 Å². The van der Waals surface area contributed by atoms with Crippen molar-refractivity contribution in [2.24, 2.45) is 4.99 Å². The maximum Gasteiger partial charge on any atom is 0.155 e. The lowest BCUT2D eigenvalue weighted by Crippen LogP contribution is -2.28. The molecule has 0 amide bonds. The Morgan fingerprint density at radius 3 is 1.95 bits per heavy atom. The Hall–Kier alpha value is -5.55. The lowest BCUT2D eigenvalue weighted by molar-refractivity contribution is 0.477. The van der Waals surface area contributed by atoms with E-state index in [0.717, 1.165) is 50.6 Å². The van der Waals surface area contributed by atoms with Gasteiger partial charge in [0.05, 0.1) is 34.8 Å². The zero-order valence-electron chi connectivity index (χ0n) is 23.1. The Morgan fingerprint density at radius 1 is 0.643 bits per heavy atom. The number of phenolic OH excluding ortho intramolecular Hbond substituents is 1. The SMILES string of the molecule is Cc1ccccc1N(C=NC1(c2cccc(-c3ccccn3)n2)c2ccccc2-c2ccccc21)c1ccccc1O. The molecule has 0 bridgehead atoms. The molecule has 0 unspecified atom stereocenters. The molecule has 7 rings (SSSR count). The second kappa shape index (κ2) is 10.5. The fourth-order valence-electron chi connectivity index (χ4n) is 5.89. The molecule has 2 heterocycles. The second-order valence-electron chi connectivity index (χ2n) is 10.3. The highest BCUT2D eigenvalue weighted by molar-refractivity contribution is 5.94. The van der Waals surface area contributed by atoms with E-state index >= 15 is 0 Å². The molecular weight excluding hydrogens is 516 g/mol. The number of phenols is 1. The second-order valence-corrected chi connectivity index (χ2v) is 10.3. The van der Waals surface area contributed by atoms with Crippen molar-refractivity contribution in [1.82, 2.24) is 9.97 Å². The van der Waals surface area contributed by atoms with Crippen LogP contribution in [0.4, 0.5) is 11.4 Å². The number of aromatic nitrogens is 2. The molecule has 0 spiro atoms. The van der Waals surface area contributed by atoms with Crippen LogP contribution in [-0.4, -0.2) is 21.4 Å². The van der Waals surface area contributed by atoms with Gasteiger partial charge in [-0.05, 0) is 77.2 Å². The average Bonchev–Trinajstić information content (AvgIpc) is 3.34. The van der Waals surface area contributed by atoms with E-state index in [1.54, 1.807) is 12.3 Å². The molecule has 0 radical (unpaired) electrons. The fraction of sp³-hybridized carbons (Fsp3) is 0.0541. The number of rotatable bonds is 6. The minimum Gasteiger partial charge on any atom is -0.506 e. The number of hydrogen-bond donors (Lipinski definition) is 1. The number of aliphatic imine (C=N–C) groups is 1. The van der Waals surface area contributed by atoms with Crippen molar-refractivity contribution >= 4 is 17.7 Å². The molecule has 5 heteroatoms. The van der Waals surface area contributed by atoms with Gasteiger partial charge in [-0.1, -0.05) is 91.0 Å². The maximum absolute atomic E-state index is 11.0. The van der Waals surface area contributed by atoms with Crippen molar-refractivity contribution in [3.8, 4) is 28.3 Å². The first-order valence-corrected chi connectivity index (χ1v) is 13.9. The van der Waals surface area contributed by atoms with Gasteiger partial charge in [0.15, 0.2) is 5.54 Å². The number of nitrogens with zero attached hydrogens (tertiary/aromatic N) is 4. The standard InChI is InChI=1S/C37H28N4O/c1-26-13-2-7-20-33(26)41(34-21-8-9-22-35(34)42)25-39-37(36-23-12-19-32(40-36)31-18-10-11-24-38-31)29-16-5-3-14-27(29)28-15-4-6-17-30(28)37/h2-25,42H,1H3. The number of benzene rings is 4. The summed E-state index contributed by atoms with van der Waals surface area (Å²) in [5.41, 5.74) is 8.40. The van der Waals surface area contributed by atoms with E-state index in [1.165, 1.54) is 0 Å². The number of hydrogen-bond acceptors (Lipinski definition) is 4. The van der Waals surface area contributed by atoms with Gasteiger partial charge in [0.25, 0.3) is 0 Å². The summed E-state index contributed by atoms with van der Waals surface area (Å²) >= 11 is 0. The number of aromatic hydroxyl groups is 1. The Morgan fingerprint density at radius 2 is 1.26 bits per heavy atom.